The quantitative estimate of drug-likeness (QED) is 0.356. The van der Waals surface area contributed by atoms with E-state index in [-0.39, 0.29) is 13.1 Å². The Morgan fingerprint density at radius 2 is 1.85 bits per heavy atom. The van der Waals surface area contributed by atoms with E-state index in [1.165, 1.54) is 17.3 Å². The Kier molecular flexibility index (Phi) is 7.49. The molecule has 166 valence electrons. The molecule has 0 N–H and O–H groups in total. The summed E-state index contributed by atoms with van der Waals surface area (Å²) < 4.78 is 13.7. The fourth-order valence-electron chi connectivity index (χ4n) is 3.74. The number of anilines is 1. The third-order valence-electron chi connectivity index (χ3n) is 5.47. The number of hydrogen-bond donors (Lipinski definition) is 1. The number of thiol groups is 1. The molecule has 0 unspecified atom stereocenters. The zero-order valence-electron chi connectivity index (χ0n) is 17.9. The fraction of sp³-hybridized carbons (Fsp3) is 0.280. The lowest BCUT2D eigenvalue weighted by atomic mass is 9.94. The van der Waals surface area contributed by atoms with Crippen molar-refractivity contribution in [3.63, 3.8) is 0 Å². The molecule has 0 amide bonds. The molecular formula is C25H22FN5S2. The number of pyridine rings is 2. The van der Waals surface area contributed by atoms with E-state index in [9.17, 15) is 14.9 Å². The van der Waals surface area contributed by atoms with Crippen LogP contribution in [0.4, 0.5) is 10.2 Å². The summed E-state index contributed by atoms with van der Waals surface area (Å²) in [6.07, 6.45) is 4.44. The van der Waals surface area contributed by atoms with E-state index >= 15 is 0 Å². The maximum atomic E-state index is 13.7. The molecule has 0 atom stereocenters. The summed E-state index contributed by atoms with van der Waals surface area (Å²) in [6, 6.07) is 16.3. The average molecular weight is 476 g/mol. The van der Waals surface area contributed by atoms with Crippen molar-refractivity contribution in [3.05, 3.63) is 71.0 Å². The monoisotopic (exact) mass is 475 g/mol. The third kappa shape index (κ3) is 5.13. The number of aromatic nitrogens is 2. The van der Waals surface area contributed by atoms with Crippen molar-refractivity contribution >= 4 is 30.2 Å². The molecular weight excluding hydrogens is 453 g/mol. The third-order valence-corrected chi connectivity index (χ3v) is 6.83. The summed E-state index contributed by atoms with van der Waals surface area (Å²) in [6.45, 7) is 0.394. The van der Waals surface area contributed by atoms with Gasteiger partial charge in [0.1, 0.15) is 34.7 Å². The zero-order valence-corrected chi connectivity index (χ0v) is 19.6. The summed E-state index contributed by atoms with van der Waals surface area (Å²) in [5.41, 5.74) is 4.19. The highest BCUT2D eigenvalue weighted by Gasteiger charge is 2.32. The minimum absolute atomic E-state index is 0.197. The van der Waals surface area contributed by atoms with Crippen molar-refractivity contribution in [1.29, 1.82) is 10.5 Å². The van der Waals surface area contributed by atoms with Crippen molar-refractivity contribution in [1.82, 2.24) is 9.97 Å². The van der Waals surface area contributed by atoms with Gasteiger partial charge in [-0.25, -0.2) is 9.37 Å². The molecule has 0 aliphatic carbocycles. The summed E-state index contributed by atoms with van der Waals surface area (Å²) in [7, 11) is 0. The van der Waals surface area contributed by atoms with E-state index in [4.69, 9.17) is 0 Å². The molecule has 0 spiro atoms. The van der Waals surface area contributed by atoms with Gasteiger partial charge in [-0.1, -0.05) is 30.3 Å². The number of nitriles is 2. The summed E-state index contributed by atoms with van der Waals surface area (Å²) in [4.78, 5) is 10.6. The first-order chi connectivity index (χ1) is 16.1. The smallest absolute Gasteiger partial charge is 0.148 e. The second-order valence-electron chi connectivity index (χ2n) is 7.77. The predicted octanol–water partition coefficient (Wildman–Crippen LogP) is 5.20. The molecule has 1 aliphatic rings. The first kappa shape index (κ1) is 23.1. The van der Waals surface area contributed by atoms with Crippen LogP contribution in [0.5, 0.6) is 0 Å². The van der Waals surface area contributed by atoms with Crippen LogP contribution in [0.1, 0.15) is 28.7 Å². The van der Waals surface area contributed by atoms with Gasteiger partial charge in [0, 0.05) is 23.7 Å². The highest BCUT2D eigenvalue weighted by molar-refractivity contribution is 7.98. The molecule has 1 aliphatic heterocycles. The Morgan fingerprint density at radius 1 is 1.09 bits per heavy atom. The van der Waals surface area contributed by atoms with E-state index < -0.39 is 6.17 Å². The van der Waals surface area contributed by atoms with Gasteiger partial charge in [0.15, 0.2) is 0 Å². The van der Waals surface area contributed by atoms with Gasteiger partial charge in [0.05, 0.1) is 18.7 Å². The Balaban J connectivity index is 1.79. The molecule has 5 nitrogen and oxygen atoms in total. The summed E-state index contributed by atoms with van der Waals surface area (Å²) >= 11 is 5.69. The molecule has 3 heterocycles. The van der Waals surface area contributed by atoms with Crippen LogP contribution in [-0.2, 0) is 12.2 Å². The molecule has 0 saturated carbocycles. The average Bonchev–Trinajstić information content (AvgIpc) is 2.84. The Labute approximate surface area is 202 Å². The lowest BCUT2D eigenvalue weighted by molar-refractivity contribution is 0.273. The normalized spacial score (nSPS) is 13.3. The van der Waals surface area contributed by atoms with Gasteiger partial charge in [-0.05, 0) is 41.4 Å². The van der Waals surface area contributed by atoms with E-state index in [1.54, 1.807) is 17.3 Å². The number of thioether (sulfide) groups is 1. The number of hydrogen-bond acceptors (Lipinski definition) is 7. The maximum absolute atomic E-state index is 13.7. The lowest BCUT2D eigenvalue weighted by Gasteiger charge is -2.36. The SMILES string of the molecule is N#Cc1c(SCc2cccnc2)nc(N2CC(F)C2)c(C#N)c1-c1ccc(CCCS)cc1. The number of rotatable bonds is 8. The first-order valence-electron chi connectivity index (χ1n) is 10.6. The van der Waals surface area contributed by atoms with Gasteiger partial charge in [0.25, 0.3) is 0 Å². The van der Waals surface area contributed by atoms with Crippen molar-refractivity contribution in [2.75, 3.05) is 23.7 Å². The Morgan fingerprint density at radius 3 is 2.45 bits per heavy atom. The zero-order chi connectivity index (χ0) is 23.2. The molecule has 1 saturated heterocycles. The number of aryl methyl sites for hydroxylation is 1. The molecule has 1 fully saturated rings. The van der Waals surface area contributed by atoms with E-state index in [1.807, 2.05) is 36.4 Å². The van der Waals surface area contributed by atoms with Gasteiger partial charge in [-0.2, -0.15) is 23.2 Å². The van der Waals surface area contributed by atoms with E-state index in [0.29, 0.717) is 33.3 Å². The van der Waals surface area contributed by atoms with E-state index in [0.717, 1.165) is 29.7 Å². The summed E-state index contributed by atoms with van der Waals surface area (Å²) in [5, 5.41) is 20.7. The Bertz CT molecular complexity index is 1200. The lowest BCUT2D eigenvalue weighted by Crippen LogP contribution is -2.49. The molecule has 0 bridgehead atoms. The number of benzene rings is 1. The van der Waals surface area contributed by atoms with Gasteiger partial charge in [-0.3, -0.25) is 4.98 Å². The van der Waals surface area contributed by atoms with Gasteiger partial charge < -0.3 is 4.90 Å². The molecule has 2 aromatic heterocycles. The van der Waals surface area contributed by atoms with Crippen LogP contribution in [0.25, 0.3) is 11.1 Å². The standard InChI is InChI=1S/C25H22FN5S2/c26-20-14-31(15-20)24-21(11-27)23(19-7-5-17(6-8-19)4-2-10-32)22(12-28)25(30-24)33-16-18-3-1-9-29-13-18/h1,3,5-9,13,20,32H,2,4,10,14-16H2. The second-order valence-corrected chi connectivity index (χ2v) is 9.18. The molecule has 1 aromatic carbocycles. The van der Waals surface area contributed by atoms with Crippen LogP contribution in [-0.4, -0.2) is 35.0 Å². The molecule has 8 heteroatoms. The van der Waals surface area contributed by atoms with Crippen LogP contribution in [0.2, 0.25) is 0 Å². The Hall–Kier alpha value is -3.07. The van der Waals surface area contributed by atoms with Crippen molar-refractivity contribution in [2.24, 2.45) is 0 Å². The highest BCUT2D eigenvalue weighted by atomic mass is 32.2. The number of nitrogens with zero attached hydrogens (tertiary/aromatic N) is 5. The largest absolute Gasteiger partial charge is 0.349 e. The van der Waals surface area contributed by atoms with Crippen LogP contribution >= 0.6 is 24.4 Å². The topological polar surface area (TPSA) is 76.6 Å². The minimum atomic E-state index is -0.935. The van der Waals surface area contributed by atoms with Gasteiger partial charge in [-0.15, -0.1) is 11.8 Å². The maximum Gasteiger partial charge on any atom is 0.148 e. The number of alkyl halides is 1. The van der Waals surface area contributed by atoms with Crippen molar-refractivity contribution in [3.8, 4) is 23.3 Å². The highest BCUT2D eigenvalue weighted by Crippen LogP contribution is 2.39. The van der Waals surface area contributed by atoms with Gasteiger partial charge >= 0.3 is 0 Å². The van der Waals surface area contributed by atoms with Crippen LogP contribution in [0.15, 0.2) is 53.8 Å². The molecule has 3 aromatic rings. The van der Waals surface area contributed by atoms with Gasteiger partial charge in [0.2, 0.25) is 0 Å². The molecule has 4 rings (SSSR count). The minimum Gasteiger partial charge on any atom is -0.349 e. The van der Waals surface area contributed by atoms with Crippen molar-refractivity contribution < 1.29 is 4.39 Å². The molecule has 0 radical (unpaired) electrons. The fourth-order valence-corrected chi connectivity index (χ4v) is 4.81. The number of halogens is 1. The van der Waals surface area contributed by atoms with Crippen LogP contribution in [0, 0.1) is 22.7 Å². The van der Waals surface area contributed by atoms with Crippen molar-refractivity contribution in [2.45, 2.75) is 29.8 Å². The van der Waals surface area contributed by atoms with Crippen LogP contribution in [0.3, 0.4) is 0 Å². The first-order valence-corrected chi connectivity index (χ1v) is 12.3. The molecule has 33 heavy (non-hydrogen) atoms. The van der Waals surface area contributed by atoms with Crippen LogP contribution < -0.4 is 4.90 Å². The van der Waals surface area contributed by atoms with E-state index in [2.05, 4.69) is 34.7 Å². The predicted molar refractivity (Wildman–Crippen MR) is 132 cm³/mol. The second kappa shape index (κ2) is 10.7. The summed E-state index contributed by atoms with van der Waals surface area (Å²) in [5.74, 6) is 1.83.